The highest BCUT2D eigenvalue weighted by atomic mass is 32.2. The first-order valence-electron chi connectivity index (χ1n) is 13.0. The number of carbonyl (C=O) groups excluding carboxylic acids is 2. The molecule has 0 spiro atoms. The molecule has 0 aromatic heterocycles. The zero-order valence-electron chi connectivity index (χ0n) is 22.9. The van der Waals surface area contributed by atoms with Gasteiger partial charge in [-0.2, -0.15) is 12.7 Å². The minimum atomic E-state index is -3.78. The van der Waals surface area contributed by atoms with Crippen LogP contribution in [0.1, 0.15) is 43.0 Å². The number of ether oxygens (including phenoxy) is 1. The molecule has 0 radical (unpaired) electrons. The van der Waals surface area contributed by atoms with Crippen molar-refractivity contribution in [2.75, 3.05) is 6.54 Å². The van der Waals surface area contributed by atoms with Crippen LogP contribution in [0.2, 0.25) is 0 Å². The Morgan fingerprint density at radius 2 is 1.61 bits per heavy atom. The van der Waals surface area contributed by atoms with Crippen molar-refractivity contribution in [2.45, 2.75) is 39.3 Å². The molecule has 212 valence electrons. The fourth-order valence-electron chi connectivity index (χ4n) is 4.18. The van der Waals surface area contributed by atoms with Gasteiger partial charge in [0, 0.05) is 6.54 Å². The molecule has 2 aliphatic rings. The van der Waals surface area contributed by atoms with E-state index in [1.165, 1.54) is 17.3 Å². The molecule has 11 heteroatoms. The minimum Gasteiger partial charge on any atom is -0.489 e. The second kappa shape index (κ2) is 11.5. The van der Waals surface area contributed by atoms with E-state index in [2.05, 4.69) is 55.3 Å². The predicted octanol–water partition coefficient (Wildman–Crippen LogP) is 4.63. The van der Waals surface area contributed by atoms with Crippen LogP contribution in [-0.2, 0) is 38.4 Å². The molecule has 0 atom stereocenters. The minimum absolute atomic E-state index is 0.0741. The largest absolute Gasteiger partial charge is 0.489 e. The van der Waals surface area contributed by atoms with Crippen molar-refractivity contribution in [3.05, 3.63) is 100.0 Å². The van der Waals surface area contributed by atoms with E-state index >= 15 is 0 Å². The summed E-state index contributed by atoms with van der Waals surface area (Å²) in [5, 5.41) is 3.22. The molecule has 2 aliphatic heterocycles. The average Bonchev–Trinajstić information content (AvgIpc) is 3.39. The van der Waals surface area contributed by atoms with Crippen molar-refractivity contribution < 1.29 is 22.7 Å². The number of carbonyl (C=O) groups is 2. The van der Waals surface area contributed by atoms with Crippen LogP contribution in [0.4, 0.5) is 5.69 Å². The number of nitrogens with zero attached hydrogens (tertiary/aromatic N) is 2. The zero-order valence-corrected chi connectivity index (χ0v) is 24.5. The van der Waals surface area contributed by atoms with Gasteiger partial charge in [-0.15, -0.1) is 0 Å². The van der Waals surface area contributed by atoms with E-state index in [1.54, 1.807) is 30.3 Å². The molecular formula is C30H30N4O5S2. The van der Waals surface area contributed by atoms with E-state index in [9.17, 15) is 18.0 Å². The summed E-state index contributed by atoms with van der Waals surface area (Å²) < 4.78 is 32.8. The summed E-state index contributed by atoms with van der Waals surface area (Å²) >= 11 is 1.24. The van der Waals surface area contributed by atoms with Gasteiger partial charge in [0.25, 0.3) is 5.91 Å². The Labute approximate surface area is 243 Å². The molecule has 5 rings (SSSR count). The van der Waals surface area contributed by atoms with Gasteiger partial charge in [-0.1, -0.05) is 69.3 Å². The molecule has 2 heterocycles. The Morgan fingerprint density at radius 1 is 0.951 bits per heavy atom. The van der Waals surface area contributed by atoms with Crippen LogP contribution in [0, 0.1) is 0 Å². The van der Waals surface area contributed by atoms with Gasteiger partial charge in [-0.25, -0.2) is 9.71 Å². The van der Waals surface area contributed by atoms with E-state index in [-0.39, 0.29) is 24.4 Å². The number of nitrogens with one attached hydrogen (secondary N) is 2. The number of hydrogen-bond donors (Lipinski definition) is 2. The van der Waals surface area contributed by atoms with Gasteiger partial charge in [-0.3, -0.25) is 9.59 Å². The third kappa shape index (κ3) is 7.24. The van der Waals surface area contributed by atoms with Gasteiger partial charge < -0.3 is 10.1 Å². The Hall–Kier alpha value is -3.93. The van der Waals surface area contributed by atoms with Gasteiger partial charge in [0.05, 0.1) is 17.1 Å². The van der Waals surface area contributed by atoms with Crippen molar-refractivity contribution in [3.8, 4) is 5.75 Å². The predicted molar refractivity (Wildman–Crippen MR) is 161 cm³/mol. The second-order valence-corrected chi connectivity index (χ2v) is 13.5. The number of hydrogen-bond acceptors (Lipinski definition) is 7. The quantitative estimate of drug-likeness (QED) is 0.388. The summed E-state index contributed by atoms with van der Waals surface area (Å²) in [7, 11) is -3.78. The lowest BCUT2D eigenvalue weighted by molar-refractivity contribution is -0.118. The van der Waals surface area contributed by atoms with Crippen LogP contribution in [0.5, 0.6) is 5.75 Å². The molecule has 9 nitrogen and oxygen atoms in total. The Bertz CT molecular complexity index is 1620. The highest BCUT2D eigenvalue weighted by Gasteiger charge is 2.33. The number of aliphatic imine (C=N–C) groups is 1. The maximum absolute atomic E-state index is 12.5. The lowest BCUT2D eigenvalue weighted by atomic mass is 9.87. The SMILES string of the molecule is CC(C)(C)c1ccc(COc2ccc(/C=C3/SC(=Nc4ccc(CN5CC(=O)NS5(=O)=O)cc4)NC3=O)cc2)cc1. The number of benzene rings is 3. The number of rotatable bonds is 7. The van der Waals surface area contributed by atoms with Crippen molar-refractivity contribution >= 4 is 50.7 Å². The van der Waals surface area contributed by atoms with Gasteiger partial charge in [-0.05, 0) is 69.8 Å². The van der Waals surface area contributed by atoms with E-state index in [0.29, 0.717) is 27.9 Å². The Morgan fingerprint density at radius 3 is 2.22 bits per heavy atom. The maximum Gasteiger partial charge on any atom is 0.304 e. The van der Waals surface area contributed by atoms with Crippen LogP contribution in [0.25, 0.3) is 6.08 Å². The van der Waals surface area contributed by atoms with Crippen molar-refractivity contribution in [2.24, 2.45) is 4.99 Å². The van der Waals surface area contributed by atoms with Crippen molar-refractivity contribution in [3.63, 3.8) is 0 Å². The summed E-state index contributed by atoms with van der Waals surface area (Å²) in [6, 6.07) is 22.9. The summed E-state index contributed by atoms with van der Waals surface area (Å²) in [4.78, 5) is 28.9. The first-order valence-corrected chi connectivity index (χ1v) is 15.2. The van der Waals surface area contributed by atoms with Gasteiger partial charge in [0.15, 0.2) is 5.17 Å². The molecule has 41 heavy (non-hydrogen) atoms. The first-order chi connectivity index (χ1) is 19.4. The van der Waals surface area contributed by atoms with Crippen LogP contribution in [0.15, 0.2) is 82.7 Å². The number of amidine groups is 1. The molecule has 3 aromatic carbocycles. The van der Waals surface area contributed by atoms with Crippen LogP contribution < -0.4 is 14.8 Å². The van der Waals surface area contributed by atoms with Crippen molar-refractivity contribution in [1.29, 1.82) is 0 Å². The molecule has 2 fully saturated rings. The first kappa shape index (κ1) is 28.6. The molecule has 2 saturated heterocycles. The Kier molecular flexibility index (Phi) is 8.03. The van der Waals surface area contributed by atoms with E-state index in [0.717, 1.165) is 21.2 Å². The third-order valence-electron chi connectivity index (χ3n) is 6.48. The van der Waals surface area contributed by atoms with Gasteiger partial charge in [0.2, 0.25) is 5.91 Å². The monoisotopic (exact) mass is 590 g/mol. The molecule has 0 bridgehead atoms. The average molecular weight is 591 g/mol. The zero-order chi connectivity index (χ0) is 29.2. The van der Waals surface area contributed by atoms with E-state index in [4.69, 9.17) is 4.74 Å². The molecular weight excluding hydrogens is 560 g/mol. The fourth-order valence-corrected chi connectivity index (χ4v) is 6.11. The standard InChI is InChI=1S/C30H30N4O5S2/c1-30(2,3)23-10-4-22(5-11-23)19-39-25-14-8-20(9-15-25)16-26-28(36)32-29(40-26)31-24-12-6-21(7-13-24)17-34-18-27(35)33-41(34,37)38/h4-16H,17-19H2,1-3H3,(H,33,35)(H,31,32,36)/b26-16+. The number of amides is 2. The molecule has 0 aliphatic carbocycles. The lowest BCUT2D eigenvalue weighted by Gasteiger charge is -2.19. The normalized spacial score (nSPS) is 19.0. The molecule has 2 amide bonds. The molecule has 2 N–H and O–H groups in total. The van der Waals surface area contributed by atoms with E-state index in [1.807, 2.05) is 29.0 Å². The van der Waals surface area contributed by atoms with E-state index < -0.39 is 16.1 Å². The molecule has 0 saturated carbocycles. The van der Waals surface area contributed by atoms with Gasteiger partial charge >= 0.3 is 10.2 Å². The smallest absolute Gasteiger partial charge is 0.304 e. The molecule has 0 unspecified atom stereocenters. The highest BCUT2D eigenvalue weighted by molar-refractivity contribution is 8.18. The van der Waals surface area contributed by atoms with Crippen LogP contribution >= 0.6 is 11.8 Å². The van der Waals surface area contributed by atoms with Gasteiger partial charge in [0.1, 0.15) is 12.4 Å². The third-order valence-corrected chi connectivity index (χ3v) is 8.82. The topological polar surface area (TPSA) is 117 Å². The fraction of sp³-hybridized carbons (Fsp3) is 0.233. The maximum atomic E-state index is 12.5. The van der Waals surface area contributed by atoms with Crippen molar-refractivity contribution in [1.82, 2.24) is 14.3 Å². The summed E-state index contributed by atoms with van der Waals surface area (Å²) in [6.07, 6.45) is 1.80. The summed E-state index contributed by atoms with van der Waals surface area (Å²) in [5.41, 5.74) is 4.66. The van der Waals surface area contributed by atoms with Crippen LogP contribution in [-0.4, -0.2) is 36.2 Å². The Balaban J connectivity index is 1.17. The molecule has 3 aromatic rings. The summed E-state index contributed by atoms with van der Waals surface area (Å²) in [5.74, 6) is -0.0415. The van der Waals surface area contributed by atoms with Crippen LogP contribution in [0.3, 0.4) is 0 Å². The number of thioether (sulfide) groups is 1. The highest BCUT2D eigenvalue weighted by Crippen LogP contribution is 2.29. The summed E-state index contributed by atoms with van der Waals surface area (Å²) in [6.45, 7) is 6.91. The second-order valence-electron chi connectivity index (χ2n) is 10.8. The lowest BCUT2D eigenvalue weighted by Crippen LogP contribution is -2.29.